The Morgan fingerprint density at radius 3 is 2.45 bits per heavy atom. The molecule has 1 aromatic heterocycles. The number of piperidine rings is 1. The van der Waals surface area contributed by atoms with Crippen LogP contribution < -0.4 is 20.1 Å². The Hall–Kier alpha value is -3.63. The molecule has 0 radical (unpaired) electrons. The second-order valence-corrected chi connectivity index (χ2v) is 7.47. The van der Waals surface area contributed by atoms with E-state index in [0.29, 0.717) is 31.7 Å². The summed E-state index contributed by atoms with van der Waals surface area (Å²) in [6.45, 7) is -0.621. The monoisotopic (exact) mass is 465 g/mol. The van der Waals surface area contributed by atoms with Crippen molar-refractivity contribution in [1.82, 2.24) is 15.5 Å². The van der Waals surface area contributed by atoms with Crippen molar-refractivity contribution >= 4 is 17.7 Å². The molecule has 33 heavy (non-hydrogen) atoms. The largest absolute Gasteiger partial charge is 0.493 e. The quantitative estimate of drug-likeness (QED) is 0.619. The van der Waals surface area contributed by atoms with E-state index in [0.717, 1.165) is 0 Å². The summed E-state index contributed by atoms with van der Waals surface area (Å²) in [6, 6.07) is 7.00. The van der Waals surface area contributed by atoms with Crippen LogP contribution in [0.5, 0.6) is 11.5 Å². The lowest BCUT2D eigenvalue weighted by Gasteiger charge is -2.32. The number of hydrogen-bond acceptors (Lipinski definition) is 6. The Morgan fingerprint density at radius 2 is 1.85 bits per heavy atom. The van der Waals surface area contributed by atoms with Gasteiger partial charge in [-0.25, -0.2) is 0 Å². The third-order valence-electron chi connectivity index (χ3n) is 5.19. The number of benzene rings is 1. The average molecular weight is 465 g/mol. The lowest BCUT2D eigenvalue weighted by Crippen LogP contribution is -2.49. The van der Waals surface area contributed by atoms with Crippen molar-refractivity contribution < 1.29 is 37.1 Å². The van der Waals surface area contributed by atoms with E-state index in [1.165, 1.54) is 25.3 Å². The molecular formula is C22H25F2N3O6. The molecule has 1 aliphatic rings. The molecule has 0 aliphatic carbocycles. The number of rotatable bonds is 8. The molecule has 2 heterocycles. The predicted octanol–water partition coefficient (Wildman–Crippen LogP) is 2.35. The van der Waals surface area contributed by atoms with Gasteiger partial charge >= 0.3 is 6.61 Å². The molecule has 1 fully saturated rings. The van der Waals surface area contributed by atoms with Crippen LogP contribution in [0.15, 0.2) is 34.7 Å². The van der Waals surface area contributed by atoms with E-state index in [1.54, 1.807) is 24.0 Å². The van der Waals surface area contributed by atoms with Crippen LogP contribution in [0.1, 0.15) is 39.5 Å². The van der Waals surface area contributed by atoms with Crippen molar-refractivity contribution in [2.24, 2.45) is 0 Å². The highest BCUT2D eigenvalue weighted by Gasteiger charge is 2.25. The summed E-state index contributed by atoms with van der Waals surface area (Å²) in [4.78, 5) is 38.6. The molecule has 9 nitrogen and oxygen atoms in total. The van der Waals surface area contributed by atoms with Crippen molar-refractivity contribution in [3.8, 4) is 11.5 Å². The highest BCUT2D eigenvalue weighted by molar-refractivity contribution is 5.97. The smallest absolute Gasteiger partial charge is 0.387 e. The van der Waals surface area contributed by atoms with Crippen LogP contribution in [0.25, 0.3) is 0 Å². The zero-order chi connectivity index (χ0) is 24.0. The summed E-state index contributed by atoms with van der Waals surface area (Å²) in [6.07, 6.45) is 1.15. The fraction of sp³-hybridized carbons (Fsp3) is 0.409. The Bertz CT molecular complexity index is 1000. The topological polar surface area (TPSA) is 110 Å². The van der Waals surface area contributed by atoms with Gasteiger partial charge < -0.3 is 29.4 Å². The molecule has 0 unspecified atom stereocenters. The molecular weight excluding hydrogens is 440 g/mol. The highest BCUT2D eigenvalue weighted by atomic mass is 19.3. The Balaban J connectivity index is 1.45. The van der Waals surface area contributed by atoms with Gasteiger partial charge in [0.15, 0.2) is 17.3 Å². The summed E-state index contributed by atoms with van der Waals surface area (Å²) in [5.74, 6) is -0.431. The maximum absolute atomic E-state index is 12.5. The van der Waals surface area contributed by atoms with E-state index < -0.39 is 12.5 Å². The number of nitrogens with zero attached hydrogens (tertiary/aromatic N) is 1. The predicted molar refractivity (Wildman–Crippen MR) is 112 cm³/mol. The molecule has 11 heteroatoms. The van der Waals surface area contributed by atoms with Crippen molar-refractivity contribution in [2.75, 3.05) is 26.7 Å². The van der Waals surface area contributed by atoms with Crippen LogP contribution >= 0.6 is 0 Å². The van der Waals surface area contributed by atoms with Gasteiger partial charge in [-0.1, -0.05) is 0 Å². The average Bonchev–Trinajstić information content (AvgIpc) is 3.24. The second-order valence-electron chi connectivity index (χ2n) is 7.47. The van der Waals surface area contributed by atoms with Crippen LogP contribution in [-0.4, -0.2) is 62.0 Å². The number of amides is 3. The van der Waals surface area contributed by atoms with Crippen molar-refractivity contribution in [2.45, 2.75) is 32.4 Å². The molecule has 178 valence electrons. The van der Waals surface area contributed by atoms with Gasteiger partial charge in [0.2, 0.25) is 5.91 Å². The number of ether oxygens (including phenoxy) is 2. The molecule has 0 bridgehead atoms. The first-order valence-corrected chi connectivity index (χ1v) is 10.3. The van der Waals surface area contributed by atoms with Crippen LogP contribution in [0.3, 0.4) is 0 Å². The molecule has 3 amide bonds. The number of furan rings is 1. The zero-order valence-electron chi connectivity index (χ0n) is 18.2. The summed E-state index contributed by atoms with van der Waals surface area (Å²) >= 11 is 0. The molecule has 1 saturated heterocycles. The molecule has 1 aromatic carbocycles. The SMILES string of the molecule is COc1cc(C(=O)NCC(=O)N2CCC(NC(=O)c3ccc(C)o3)CC2)ccc1OC(F)F. The van der Waals surface area contributed by atoms with Gasteiger partial charge in [0.1, 0.15) is 5.76 Å². The number of hydrogen-bond donors (Lipinski definition) is 2. The van der Waals surface area contributed by atoms with Crippen LogP contribution in [0, 0.1) is 6.92 Å². The summed E-state index contributed by atoms with van der Waals surface area (Å²) < 4.78 is 39.5. The van der Waals surface area contributed by atoms with Crippen LogP contribution in [0.2, 0.25) is 0 Å². The summed E-state index contributed by atoms with van der Waals surface area (Å²) in [5.41, 5.74) is 0.135. The summed E-state index contributed by atoms with van der Waals surface area (Å²) in [7, 11) is 1.26. The van der Waals surface area contributed by atoms with E-state index >= 15 is 0 Å². The first kappa shape index (κ1) is 24.0. The van der Waals surface area contributed by atoms with Gasteiger partial charge in [-0.15, -0.1) is 0 Å². The number of aryl methyl sites for hydroxylation is 1. The van der Waals surface area contributed by atoms with Crippen LogP contribution in [-0.2, 0) is 4.79 Å². The number of likely N-dealkylation sites (tertiary alicyclic amines) is 1. The van der Waals surface area contributed by atoms with E-state index in [1.807, 2.05) is 0 Å². The number of carbonyl (C=O) groups excluding carboxylic acids is 3. The van der Waals surface area contributed by atoms with Gasteiger partial charge in [-0.05, 0) is 50.1 Å². The molecule has 1 aliphatic heterocycles. The van der Waals surface area contributed by atoms with Crippen LogP contribution in [0.4, 0.5) is 8.78 Å². The standard InChI is InChI=1S/C22H25F2N3O6/c1-13-3-5-17(32-13)21(30)26-15-7-9-27(10-8-15)19(28)12-25-20(29)14-4-6-16(33-22(23)24)18(11-14)31-2/h3-6,11,15,22H,7-10,12H2,1-2H3,(H,25,29)(H,26,30). The molecule has 2 aromatic rings. The van der Waals surface area contributed by atoms with Crippen molar-refractivity contribution in [3.05, 3.63) is 47.4 Å². The lowest BCUT2D eigenvalue weighted by molar-refractivity contribution is -0.131. The maximum Gasteiger partial charge on any atom is 0.387 e. The Kier molecular flexibility index (Phi) is 7.86. The van der Waals surface area contributed by atoms with Gasteiger partial charge in [0, 0.05) is 24.7 Å². The number of alkyl halides is 2. The number of nitrogens with one attached hydrogen (secondary N) is 2. The number of carbonyl (C=O) groups is 3. The molecule has 3 rings (SSSR count). The number of halogens is 2. The summed E-state index contributed by atoms with van der Waals surface area (Å²) in [5, 5.41) is 5.42. The van der Waals surface area contributed by atoms with Gasteiger partial charge in [0.25, 0.3) is 11.8 Å². The Labute approximate surface area is 189 Å². The fourth-order valence-corrected chi connectivity index (χ4v) is 3.46. The fourth-order valence-electron chi connectivity index (χ4n) is 3.46. The van der Waals surface area contributed by atoms with Gasteiger partial charge in [-0.2, -0.15) is 8.78 Å². The first-order valence-electron chi connectivity index (χ1n) is 10.3. The van der Waals surface area contributed by atoms with E-state index in [2.05, 4.69) is 15.4 Å². The Morgan fingerprint density at radius 1 is 1.12 bits per heavy atom. The second kappa shape index (κ2) is 10.8. The minimum atomic E-state index is -3.03. The van der Waals surface area contributed by atoms with Gasteiger partial charge in [0.05, 0.1) is 13.7 Å². The van der Waals surface area contributed by atoms with Crippen molar-refractivity contribution in [1.29, 1.82) is 0 Å². The van der Waals surface area contributed by atoms with E-state index in [4.69, 9.17) is 9.15 Å². The van der Waals surface area contributed by atoms with E-state index in [-0.39, 0.29) is 47.2 Å². The molecule has 0 saturated carbocycles. The molecule has 2 N–H and O–H groups in total. The lowest BCUT2D eigenvalue weighted by atomic mass is 10.0. The van der Waals surface area contributed by atoms with Crippen molar-refractivity contribution in [3.63, 3.8) is 0 Å². The van der Waals surface area contributed by atoms with E-state index in [9.17, 15) is 23.2 Å². The van der Waals surface area contributed by atoms with Gasteiger partial charge in [-0.3, -0.25) is 14.4 Å². The molecule has 0 spiro atoms. The third-order valence-corrected chi connectivity index (χ3v) is 5.19. The number of methoxy groups -OCH3 is 1. The third kappa shape index (κ3) is 6.43. The normalized spacial score (nSPS) is 14.2. The minimum Gasteiger partial charge on any atom is -0.493 e. The minimum absolute atomic E-state index is 0.0249. The highest BCUT2D eigenvalue weighted by Crippen LogP contribution is 2.29. The maximum atomic E-state index is 12.5. The first-order chi connectivity index (χ1) is 15.8. The zero-order valence-corrected chi connectivity index (χ0v) is 18.2. The molecule has 0 atom stereocenters.